The van der Waals surface area contributed by atoms with Crippen LogP contribution in [0.15, 0.2) is 23.1 Å². The van der Waals surface area contributed by atoms with Crippen LogP contribution in [0, 0.1) is 0 Å². The number of piperidine rings is 1. The van der Waals surface area contributed by atoms with Crippen LogP contribution >= 0.6 is 35.6 Å². The molecule has 9 heteroatoms. The third-order valence-electron chi connectivity index (χ3n) is 3.62. The summed E-state index contributed by atoms with van der Waals surface area (Å²) >= 11 is 12.0. The predicted octanol–water partition coefficient (Wildman–Crippen LogP) is 2.93. The van der Waals surface area contributed by atoms with Gasteiger partial charge in [-0.05, 0) is 37.9 Å². The van der Waals surface area contributed by atoms with Crippen molar-refractivity contribution in [1.82, 2.24) is 4.31 Å². The summed E-state index contributed by atoms with van der Waals surface area (Å²) in [5, 5.41) is 0.294. The summed E-state index contributed by atoms with van der Waals surface area (Å²) < 4.78 is 32.5. The fourth-order valence-electron chi connectivity index (χ4n) is 2.43. The number of nitrogens with zero attached hydrogens (tertiary/aromatic N) is 1. The van der Waals surface area contributed by atoms with Crippen LogP contribution in [-0.2, 0) is 14.8 Å². The summed E-state index contributed by atoms with van der Waals surface area (Å²) in [6.45, 7) is 2.01. The fourth-order valence-corrected chi connectivity index (χ4v) is 4.99. The van der Waals surface area contributed by atoms with Gasteiger partial charge in [-0.2, -0.15) is 4.31 Å². The molecule has 132 valence electrons. The van der Waals surface area contributed by atoms with E-state index in [2.05, 4.69) is 0 Å². The summed E-state index contributed by atoms with van der Waals surface area (Å²) in [5.74, 6) is 0. The van der Waals surface area contributed by atoms with E-state index in [0.717, 1.165) is 6.42 Å². The molecule has 5 nitrogen and oxygen atoms in total. The van der Waals surface area contributed by atoms with E-state index in [9.17, 15) is 8.42 Å². The van der Waals surface area contributed by atoms with E-state index in [0.29, 0.717) is 39.1 Å². The van der Waals surface area contributed by atoms with E-state index in [1.807, 2.05) is 0 Å². The topological polar surface area (TPSA) is 72.6 Å². The summed E-state index contributed by atoms with van der Waals surface area (Å²) in [6, 6.07) is 4.69. The van der Waals surface area contributed by atoms with Crippen LogP contribution in [0.2, 0.25) is 10.0 Å². The van der Waals surface area contributed by atoms with Gasteiger partial charge in [0.15, 0.2) is 0 Å². The number of hydrogen-bond donors (Lipinski definition) is 1. The maximum Gasteiger partial charge on any atom is 0.246 e. The van der Waals surface area contributed by atoms with Crippen molar-refractivity contribution in [1.29, 1.82) is 0 Å². The normalized spacial score (nSPS) is 17.0. The van der Waals surface area contributed by atoms with Crippen molar-refractivity contribution in [2.75, 3.05) is 26.2 Å². The SMILES string of the molecule is Cl.NCCCOC1CCN(S(=O)(=O)c2c(Cl)cccc2Cl)CC1. The predicted molar refractivity (Wildman–Crippen MR) is 95.1 cm³/mol. The minimum absolute atomic E-state index is 0. The van der Waals surface area contributed by atoms with E-state index < -0.39 is 10.0 Å². The highest BCUT2D eigenvalue weighted by Crippen LogP contribution is 2.32. The molecule has 23 heavy (non-hydrogen) atoms. The largest absolute Gasteiger partial charge is 0.378 e. The van der Waals surface area contributed by atoms with Crippen molar-refractivity contribution in [3.63, 3.8) is 0 Å². The van der Waals surface area contributed by atoms with Crippen LogP contribution in [0.3, 0.4) is 0 Å². The average Bonchev–Trinajstić information content (AvgIpc) is 2.47. The Morgan fingerprint density at radius 1 is 1.22 bits per heavy atom. The van der Waals surface area contributed by atoms with Crippen molar-refractivity contribution in [2.24, 2.45) is 5.73 Å². The summed E-state index contributed by atoms with van der Waals surface area (Å²) in [4.78, 5) is -0.0131. The van der Waals surface area contributed by atoms with Crippen molar-refractivity contribution in [3.05, 3.63) is 28.2 Å². The van der Waals surface area contributed by atoms with Crippen molar-refractivity contribution >= 4 is 45.6 Å². The van der Waals surface area contributed by atoms with Gasteiger partial charge >= 0.3 is 0 Å². The van der Waals surface area contributed by atoms with Crippen molar-refractivity contribution in [3.8, 4) is 0 Å². The summed E-state index contributed by atoms with van der Waals surface area (Å²) in [6.07, 6.45) is 2.21. The summed E-state index contributed by atoms with van der Waals surface area (Å²) in [7, 11) is -3.68. The molecule has 1 fully saturated rings. The Balaban J connectivity index is 0.00000264. The van der Waals surface area contributed by atoms with E-state index >= 15 is 0 Å². The minimum atomic E-state index is -3.68. The van der Waals surface area contributed by atoms with Crippen LogP contribution in [0.5, 0.6) is 0 Å². The van der Waals surface area contributed by atoms with Gasteiger partial charge in [0.05, 0.1) is 16.1 Å². The Morgan fingerprint density at radius 2 is 1.78 bits per heavy atom. The molecule has 1 heterocycles. The highest BCUT2D eigenvalue weighted by atomic mass is 35.5. The lowest BCUT2D eigenvalue weighted by atomic mass is 10.1. The first kappa shape index (κ1) is 21.0. The zero-order chi connectivity index (χ0) is 16.2. The Kier molecular flexibility index (Phi) is 8.58. The van der Waals surface area contributed by atoms with Crippen molar-refractivity contribution < 1.29 is 13.2 Å². The summed E-state index contributed by atoms with van der Waals surface area (Å²) in [5.41, 5.74) is 5.42. The van der Waals surface area contributed by atoms with Crippen molar-refractivity contribution in [2.45, 2.75) is 30.3 Å². The van der Waals surface area contributed by atoms with Gasteiger partial charge in [0.2, 0.25) is 10.0 Å². The standard InChI is InChI=1S/C14H20Cl2N2O3S.ClH/c15-12-3-1-4-13(16)14(12)22(19,20)18-8-5-11(6-9-18)21-10-2-7-17;/h1,3-4,11H,2,5-10,17H2;1H. The van der Waals surface area contributed by atoms with E-state index in [-0.39, 0.29) is 33.5 Å². The third-order valence-corrected chi connectivity index (χ3v) is 6.47. The highest BCUT2D eigenvalue weighted by molar-refractivity contribution is 7.89. The Hall–Kier alpha value is -0.0800. The second kappa shape index (κ2) is 9.42. The maximum absolute atomic E-state index is 12.7. The van der Waals surface area contributed by atoms with Gasteiger partial charge in [0.1, 0.15) is 4.90 Å². The smallest absolute Gasteiger partial charge is 0.246 e. The molecule has 2 rings (SSSR count). The van der Waals surface area contributed by atoms with Crippen LogP contribution in [0.1, 0.15) is 19.3 Å². The van der Waals surface area contributed by atoms with Gasteiger partial charge in [-0.25, -0.2) is 8.42 Å². The molecular weight excluding hydrogens is 383 g/mol. The molecule has 1 aliphatic heterocycles. The molecule has 0 atom stereocenters. The maximum atomic E-state index is 12.7. The lowest BCUT2D eigenvalue weighted by Crippen LogP contribution is -2.41. The van der Waals surface area contributed by atoms with Gasteiger partial charge < -0.3 is 10.5 Å². The number of rotatable bonds is 6. The monoisotopic (exact) mass is 402 g/mol. The quantitative estimate of drug-likeness (QED) is 0.741. The van der Waals surface area contributed by atoms with Crippen LogP contribution in [-0.4, -0.2) is 45.1 Å². The molecule has 1 aromatic rings. The molecule has 1 saturated heterocycles. The minimum Gasteiger partial charge on any atom is -0.378 e. The number of ether oxygens (including phenoxy) is 1. The molecule has 0 saturated carbocycles. The average molecular weight is 404 g/mol. The number of halogens is 3. The zero-order valence-corrected chi connectivity index (χ0v) is 15.7. The number of nitrogens with two attached hydrogens (primary N) is 1. The molecule has 0 bridgehead atoms. The van der Waals surface area contributed by atoms with Gasteiger partial charge in [0, 0.05) is 19.7 Å². The second-order valence-electron chi connectivity index (χ2n) is 5.17. The number of hydrogen-bond acceptors (Lipinski definition) is 4. The lowest BCUT2D eigenvalue weighted by molar-refractivity contribution is 0.0209. The number of sulfonamides is 1. The number of benzene rings is 1. The molecule has 0 unspecified atom stereocenters. The van der Waals surface area contributed by atoms with Crippen LogP contribution in [0.25, 0.3) is 0 Å². The molecule has 0 radical (unpaired) electrons. The van der Waals surface area contributed by atoms with E-state index in [1.165, 1.54) is 16.4 Å². The van der Waals surface area contributed by atoms with Gasteiger partial charge in [-0.15, -0.1) is 12.4 Å². The Bertz CT molecular complexity index is 585. The third kappa shape index (κ3) is 5.19. The lowest BCUT2D eigenvalue weighted by Gasteiger charge is -2.31. The van der Waals surface area contributed by atoms with E-state index in [1.54, 1.807) is 6.07 Å². The molecule has 0 aromatic heterocycles. The van der Waals surface area contributed by atoms with Crippen LogP contribution < -0.4 is 5.73 Å². The van der Waals surface area contributed by atoms with Crippen LogP contribution in [0.4, 0.5) is 0 Å². The first-order valence-corrected chi connectivity index (χ1v) is 9.42. The van der Waals surface area contributed by atoms with Gasteiger partial charge in [-0.1, -0.05) is 29.3 Å². The van der Waals surface area contributed by atoms with E-state index in [4.69, 9.17) is 33.7 Å². The molecular formula is C14H21Cl3N2O3S. The molecule has 2 N–H and O–H groups in total. The molecule has 0 aliphatic carbocycles. The first-order valence-electron chi connectivity index (χ1n) is 7.22. The first-order chi connectivity index (χ1) is 10.5. The zero-order valence-electron chi connectivity index (χ0n) is 12.6. The van der Waals surface area contributed by atoms with Gasteiger partial charge in [-0.3, -0.25) is 0 Å². The fraction of sp³-hybridized carbons (Fsp3) is 0.571. The Morgan fingerprint density at radius 3 is 2.30 bits per heavy atom. The molecule has 0 amide bonds. The molecule has 0 spiro atoms. The van der Waals surface area contributed by atoms with Gasteiger partial charge in [0.25, 0.3) is 0 Å². The molecule has 1 aliphatic rings. The highest BCUT2D eigenvalue weighted by Gasteiger charge is 2.32. The Labute approximate surface area is 153 Å². The molecule has 1 aromatic carbocycles. The second-order valence-corrected chi connectivity index (χ2v) is 7.86.